The van der Waals surface area contributed by atoms with Crippen molar-refractivity contribution in [2.45, 2.75) is 36.6 Å². The van der Waals surface area contributed by atoms with E-state index in [-0.39, 0.29) is 5.82 Å². The fraction of sp³-hybridized carbons (Fsp3) is 0.500. The Labute approximate surface area is 117 Å². The zero-order valence-electron chi connectivity index (χ0n) is 11.3. The van der Waals surface area contributed by atoms with Crippen molar-refractivity contribution in [2.75, 3.05) is 12.8 Å². The van der Waals surface area contributed by atoms with E-state index in [0.717, 1.165) is 18.6 Å². The molecule has 0 heterocycles. The predicted octanol–water partition coefficient (Wildman–Crippen LogP) is 3.15. The molecule has 5 heteroatoms. The first-order valence-corrected chi connectivity index (χ1v) is 7.28. The highest BCUT2D eigenvalue weighted by Gasteiger charge is 2.29. The number of carboxylic acids is 1. The van der Waals surface area contributed by atoms with Crippen LogP contribution in [0.3, 0.4) is 0 Å². The molecule has 1 rings (SSSR count). The molecule has 1 unspecified atom stereocenters. The SMILES string of the molecule is CNC(C)(CCCCSc1ccccc1F)C(=O)O. The maximum absolute atomic E-state index is 13.3. The number of rotatable bonds is 8. The van der Waals surface area contributed by atoms with Gasteiger partial charge < -0.3 is 10.4 Å². The van der Waals surface area contributed by atoms with E-state index in [9.17, 15) is 9.18 Å². The third-order valence-electron chi connectivity index (χ3n) is 3.19. The molecule has 19 heavy (non-hydrogen) atoms. The molecule has 106 valence electrons. The van der Waals surface area contributed by atoms with E-state index in [1.54, 1.807) is 26.1 Å². The molecule has 0 radical (unpaired) electrons. The summed E-state index contributed by atoms with van der Waals surface area (Å²) in [6.45, 7) is 1.68. The van der Waals surface area contributed by atoms with Crippen LogP contribution in [0.4, 0.5) is 4.39 Å². The summed E-state index contributed by atoms with van der Waals surface area (Å²) in [5, 5.41) is 11.9. The van der Waals surface area contributed by atoms with Gasteiger partial charge in [0.25, 0.3) is 0 Å². The number of carboxylic acid groups (broad SMARTS) is 1. The summed E-state index contributed by atoms with van der Waals surface area (Å²) in [6.07, 6.45) is 2.23. The highest BCUT2D eigenvalue weighted by Crippen LogP contribution is 2.23. The van der Waals surface area contributed by atoms with Crippen LogP contribution in [0.2, 0.25) is 0 Å². The molecule has 3 nitrogen and oxygen atoms in total. The van der Waals surface area contributed by atoms with Crippen molar-refractivity contribution in [1.29, 1.82) is 0 Å². The van der Waals surface area contributed by atoms with Crippen LogP contribution in [-0.4, -0.2) is 29.4 Å². The van der Waals surface area contributed by atoms with E-state index in [1.807, 2.05) is 6.07 Å². The van der Waals surface area contributed by atoms with E-state index in [1.165, 1.54) is 17.8 Å². The van der Waals surface area contributed by atoms with Crippen molar-refractivity contribution >= 4 is 17.7 Å². The van der Waals surface area contributed by atoms with Crippen molar-refractivity contribution < 1.29 is 14.3 Å². The molecule has 0 aromatic heterocycles. The highest BCUT2D eigenvalue weighted by atomic mass is 32.2. The first kappa shape index (κ1) is 16.0. The number of benzene rings is 1. The minimum atomic E-state index is -0.872. The zero-order valence-corrected chi connectivity index (χ0v) is 12.1. The van der Waals surface area contributed by atoms with Crippen LogP contribution in [0.15, 0.2) is 29.2 Å². The van der Waals surface area contributed by atoms with Gasteiger partial charge in [-0.2, -0.15) is 0 Å². The van der Waals surface area contributed by atoms with E-state index in [2.05, 4.69) is 5.32 Å². The lowest BCUT2D eigenvalue weighted by molar-refractivity contribution is -0.144. The van der Waals surface area contributed by atoms with Gasteiger partial charge in [0.1, 0.15) is 11.4 Å². The molecule has 0 saturated carbocycles. The monoisotopic (exact) mass is 285 g/mol. The first-order valence-electron chi connectivity index (χ1n) is 6.29. The zero-order chi connectivity index (χ0) is 14.3. The van der Waals surface area contributed by atoms with Gasteiger partial charge in [0.15, 0.2) is 0 Å². The summed E-state index contributed by atoms with van der Waals surface area (Å²) >= 11 is 1.47. The van der Waals surface area contributed by atoms with Crippen LogP contribution in [-0.2, 0) is 4.79 Å². The second-order valence-corrected chi connectivity index (χ2v) is 5.76. The average molecular weight is 285 g/mol. The molecule has 0 spiro atoms. The molecule has 1 atom stereocenters. The topological polar surface area (TPSA) is 49.3 Å². The molecule has 1 aromatic rings. The van der Waals surface area contributed by atoms with Gasteiger partial charge in [0, 0.05) is 4.90 Å². The van der Waals surface area contributed by atoms with Crippen molar-refractivity contribution in [1.82, 2.24) is 5.32 Å². The molecule has 0 fully saturated rings. The second kappa shape index (κ2) is 7.50. The van der Waals surface area contributed by atoms with Gasteiger partial charge in [0.2, 0.25) is 0 Å². The Morgan fingerprint density at radius 1 is 1.42 bits per heavy atom. The first-order chi connectivity index (χ1) is 8.99. The molecule has 2 N–H and O–H groups in total. The fourth-order valence-electron chi connectivity index (χ4n) is 1.66. The molecular formula is C14H20FNO2S. The summed E-state index contributed by atoms with van der Waals surface area (Å²) in [6, 6.07) is 6.69. The van der Waals surface area contributed by atoms with Crippen LogP contribution in [0.25, 0.3) is 0 Å². The molecular weight excluding hydrogens is 265 g/mol. The maximum atomic E-state index is 13.3. The number of likely N-dealkylation sites (N-methyl/N-ethyl adjacent to an activating group) is 1. The van der Waals surface area contributed by atoms with Crippen LogP contribution in [0.1, 0.15) is 26.2 Å². The fourth-order valence-corrected chi connectivity index (χ4v) is 2.61. The van der Waals surface area contributed by atoms with Crippen molar-refractivity contribution in [3.63, 3.8) is 0 Å². The van der Waals surface area contributed by atoms with Gasteiger partial charge in [-0.3, -0.25) is 4.79 Å². The van der Waals surface area contributed by atoms with Gasteiger partial charge in [-0.25, -0.2) is 4.39 Å². The van der Waals surface area contributed by atoms with E-state index < -0.39 is 11.5 Å². The van der Waals surface area contributed by atoms with Gasteiger partial charge >= 0.3 is 5.97 Å². The average Bonchev–Trinajstić information content (AvgIpc) is 2.39. The number of nitrogens with one attached hydrogen (secondary N) is 1. The summed E-state index contributed by atoms with van der Waals surface area (Å²) in [4.78, 5) is 11.7. The molecule has 0 aliphatic rings. The van der Waals surface area contributed by atoms with E-state index >= 15 is 0 Å². The van der Waals surface area contributed by atoms with Crippen molar-refractivity contribution in [2.24, 2.45) is 0 Å². The number of hydrogen-bond acceptors (Lipinski definition) is 3. The molecule has 0 saturated heterocycles. The Morgan fingerprint density at radius 2 is 2.11 bits per heavy atom. The smallest absolute Gasteiger partial charge is 0.323 e. The van der Waals surface area contributed by atoms with Crippen molar-refractivity contribution in [3.8, 4) is 0 Å². The number of carbonyl (C=O) groups is 1. The summed E-state index contributed by atoms with van der Waals surface area (Å²) in [5.41, 5.74) is -0.872. The summed E-state index contributed by atoms with van der Waals surface area (Å²) < 4.78 is 13.3. The number of unbranched alkanes of at least 4 members (excludes halogenated alkanes) is 1. The van der Waals surface area contributed by atoms with Crippen LogP contribution >= 0.6 is 11.8 Å². The Kier molecular flexibility index (Phi) is 6.31. The number of thioether (sulfide) groups is 1. The largest absolute Gasteiger partial charge is 0.480 e. The van der Waals surface area contributed by atoms with Crippen LogP contribution in [0.5, 0.6) is 0 Å². The van der Waals surface area contributed by atoms with Gasteiger partial charge in [-0.1, -0.05) is 18.6 Å². The quantitative estimate of drug-likeness (QED) is 0.569. The van der Waals surface area contributed by atoms with E-state index in [4.69, 9.17) is 5.11 Å². The molecule has 0 aliphatic carbocycles. The Morgan fingerprint density at radius 3 is 2.68 bits per heavy atom. The lowest BCUT2D eigenvalue weighted by Gasteiger charge is -2.23. The Hall–Kier alpha value is -1.07. The van der Waals surface area contributed by atoms with Gasteiger partial charge in [-0.05, 0) is 44.7 Å². The van der Waals surface area contributed by atoms with Gasteiger partial charge in [0.05, 0.1) is 0 Å². The van der Waals surface area contributed by atoms with E-state index in [0.29, 0.717) is 11.3 Å². The Bertz CT molecular complexity index is 428. The predicted molar refractivity (Wildman–Crippen MR) is 76.1 cm³/mol. The number of halogens is 1. The Balaban J connectivity index is 2.29. The number of aliphatic carboxylic acids is 1. The van der Waals surface area contributed by atoms with Crippen molar-refractivity contribution in [3.05, 3.63) is 30.1 Å². The molecule has 0 amide bonds. The van der Waals surface area contributed by atoms with Gasteiger partial charge in [-0.15, -0.1) is 11.8 Å². The standard InChI is InChI=1S/C14H20FNO2S/c1-14(16-2,13(17)18)9-5-6-10-19-12-8-4-3-7-11(12)15/h3-4,7-8,16H,5-6,9-10H2,1-2H3,(H,17,18). The molecule has 0 aliphatic heterocycles. The maximum Gasteiger partial charge on any atom is 0.323 e. The van der Waals surface area contributed by atoms with Crippen LogP contribution < -0.4 is 5.32 Å². The van der Waals surface area contributed by atoms with Crippen LogP contribution in [0, 0.1) is 5.82 Å². The molecule has 1 aromatic carbocycles. The third-order valence-corrected chi connectivity index (χ3v) is 4.32. The lowest BCUT2D eigenvalue weighted by Crippen LogP contribution is -2.47. The lowest BCUT2D eigenvalue weighted by atomic mass is 9.95. The second-order valence-electron chi connectivity index (χ2n) is 4.62. The number of hydrogen-bond donors (Lipinski definition) is 2. The summed E-state index contributed by atoms with van der Waals surface area (Å²) in [7, 11) is 1.65. The minimum absolute atomic E-state index is 0.196. The minimum Gasteiger partial charge on any atom is -0.480 e. The molecule has 0 bridgehead atoms. The normalized spacial score (nSPS) is 14.1. The summed E-state index contributed by atoms with van der Waals surface area (Å²) in [5.74, 6) is -0.241. The highest BCUT2D eigenvalue weighted by molar-refractivity contribution is 7.99. The third kappa shape index (κ3) is 4.84.